The third kappa shape index (κ3) is 40.9. The number of carbonyl (C=O) groups excluding carboxylic acids is 2. The highest BCUT2D eigenvalue weighted by molar-refractivity contribution is 7.47. The van der Waals surface area contributed by atoms with Gasteiger partial charge in [0.15, 0.2) is 6.10 Å². The number of ether oxygens (including phenoxy) is 2. The van der Waals surface area contributed by atoms with Crippen LogP contribution in [0.1, 0.15) is 168 Å². The molecule has 0 radical (unpaired) electrons. The molecule has 10 heteroatoms. The molecule has 0 aromatic heterocycles. The van der Waals surface area contributed by atoms with E-state index in [1.807, 2.05) is 0 Å². The minimum absolute atomic E-state index is 0.0447. The Balaban J connectivity index is 4.22. The maximum absolute atomic E-state index is 12.6. The first-order chi connectivity index (χ1) is 26.8. The van der Waals surface area contributed by atoms with Gasteiger partial charge in [-0.05, 0) is 83.5 Å². The Morgan fingerprint density at radius 3 is 1.49 bits per heavy atom. The molecule has 0 aliphatic carbocycles. The number of unbranched alkanes of at least 4 members (excludes halogenated alkanes) is 14. The summed E-state index contributed by atoms with van der Waals surface area (Å²) in [5, 5.41) is 0. The molecule has 0 bridgehead atoms. The van der Waals surface area contributed by atoms with E-state index in [1.54, 1.807) is 0 Å². The minimum Gasteiger partial charge on any atom is -0.462 e. The average Bonchev–Trinajstić information content (AvgIpc) is 3.17. The number of rotatable bonds is 39. The molecule has 3 N–H and O–H groups in total. The number of nitrogens with two attached hydrogens (primary N) is 1. The fraction of sp³-hybridized carbons (Fsp3) is 0.689. The molecule has 9 nitrogen and oxygen atoms in total. The van der Waals surface area contributed by atoms with E-state index in [2.05, 4.69) is 86.8 Å². The van der Waals surface area contributed by atoms with E-state index in [-0.39, 0.29) is 32.6 Å². The van der Waals surface area contributed by atoms with E-state index < -0.39 is 32.5 Å². The summed E-state index contributed by atoms with van der Waals surface area (Å²) in [4.78, 5) is 34.9. The number of phosphoric ester groups is 1. The Morgan fingerprint density at radius 1 is 0.564 bits per heavy atom. The van der Waals surface area contributed by atoms with Crippen molar-refractivity contribution in [2.45, 2.75) is 174 Å². The molecule has 2 atom stereocenters. The van der Waals surface area contributed by atoms with Crippen LogP contribution >= 0.6 is 7.82 Å². The van der Waals surface area contributed by atoms with Crippen molar-refractivity contribution in [1.29, 1.82) is 0 Å². The quantitative estimate of drug-likeness (QED) is 0.0270. The zero-order chi connectivity index (χ0) is 40.3. The van der Waals surface area contributed by atoms with Crippen molar-refractivity contribution in [3.63, 3.8) is 0 Å². The Bertz CT molecular complexity index is 1130. The third-order valence-corrected chi connectivity index (χ3v) is 9.56. The number of phosphoric acid groups is 1. The normalized spacial score (nSPS) is 14.0. The molecule has 0 aromatic carbocycles. The van der Waals surface area contributed by atoms with Crippen molar-refractivity contribution in [2.24, 2.45) is 5.73 Å². The van der Waals surface area contributed by atoms with Gasteiger partial charge in [0, 0.05) is 19.4 Å². The van der Waals surface area contributed by atoms with Gasteiger partial charge in [0.25, 0.3) is 0 Å². The topological polar surface area (TPSA) is 134 Å². The molecule has 2 unspecified atom stereocenters. The molecule has 0 saturated carbocycles. The molecule has 55 heavy (non-hydrogen) atoms. The molecule has 0 heterocycles. The number of allylic oxidation sites excluding steroid dienone is 12. The van der Waals surface area contributed by atoms with Gasteiger partial charge in [0.2, 0.25) is 0 Å². The number of hydrogen-bond donors (Lipinski definition) is 2. The molecule has 0 rings (SSSR count). The SMILES string of the molecule is CC/C=C\C/C=C\C/C=C\CCCCCCCC(=O)OCC(COP(=O)(O)OCCN)OC(=O)CCCCCCCC/C=C\C/C=C\C/C=C\CCCCC. The summed E-state index contributed by atoms with van der Waals surface area (Å²) in [5.74, 6) is -0.869. The van der Waals surface area contributed by atoms with Crippen molar-refractivity contribution in [2.75, 3.05) is 26.4 Å². The largest absolute Gasteiger partial charge is 0.472 e. The van der Waals surface area contributed by atoms with Crippen LogP contribution < -0.4 is 5.73 Å². The van der Waals surface area contributed by atoms with E-state index >= 15 is 0 Å². The lowest BCUT2D eigenvalue weighted by molar-refractivity contribution is -0.161. The fourth-order valence-electron chi connectivity index (χ4n) is 5.42. The summed E-state index contributed by atoms with van der Waals surface area (Å²) in [6.45, 7) is 3.54. The van der Waals surface area contributed by atoms with Gasteiger partial charge in [-0.2, -0.15) is 0 Å². The first-order valence-corrected chi connectivity index (χ1v) is 22.9. The Morgan fingerprint density at radius 2 is 1.00 bits per heavy atom. The van der Waals surface area contributed by atoms with Crippen LogP contribution in [0.3, 0.4) is 0 Å². The van der Waals surface area contributed by atoms with Crippen LogP contribution in [0.15, 0.2) is 72.9 Å². The average molecular weight is 792 g/mol. The Kier molecular flexibility index (Phi) is 39.2. The van der Waals surface area contributed by atoms with Gasteiger partial charge in [0.05, 0.1) is 13.2 Å². The fourth-order valence-corrected chi connectivity index (χ4v) is 6.18. The van der Waals surface area contributed by atoms with Crippen molar-refractivity contribution in [3.05, 3.63) is 72.9 Å². The Hall–Kier alpha value is -2.55. The van der Waals surface area contributed by atoms with Gasteiger partial charge in [-0.15, -0.1) is 0 Å². The predicted molar refractivity (Wildman–Crippen MR) is 229 cm³/mol. The second-order valence-corrected chi connectivity index (χ2v) is 15.3. The summed E-state index contributed by atoms with van der Waals surface area (Å²) in [7, 11) is -4.39. The van der Waals surface area contributed by atoms with Crippen molar-refractivity contribution < 1.29 is 37.6 Å². The molecular formula is C45H78NO8P. The second kappa shape index (κ2) is 41.1. The lowest BCUT2D eigenvalue weighted by Gasteiger charge is -2.19. The molecule has 0 spiro atoms. The summed E-state index contributed by atoms with van der Waals surface area (Å²) in [5.41, 5.74) is 5.34. The highest BCUT2D eigenvalue weighted by Gasteiger charge is 2.26. The smallest absolute Gasteiger partial charge is 0.462 e. The first kappa shape index (κ1) is 52.5. The Labute approximate surface area is 335 Å². The van der Waals surface area contributed by atoms with Crippen molar-refractivity contribution in [3.8, 4) is 0 Å². The molecule has 316 valence electrons. The standard InChI is InChI=1S/C45H78NO8P/c1-3-5-7-9-11-13-15-17-19-20-21-22-24-26-28-30-32-34-36-38-45(48)54-43(42-53-55(49,50)52-40-39-46)41-51-44(47)37-35-33-31-29-27-25-23-18-16-14-12-10-8-6-4-2/h6,8,11-14,17-19,21-23,43H,3-5,7,9-10,15-16,20,24-42,46H2,1-2H3,(H,49,50)/b8-6-,13-11-,14-12-,19-17-,22-21-,23-18-. The van der Waals surface area contributed by atoms with Crippen molar-refractivity contribution in [1.82, 2.24) is 0 Å². The summed E-state index contributed by atoms with van der Waals surface area (Å²) in [6.07, 6.45) is 49.2. The highest BCUT2D eigenvalue weighted by atomic mass is 31.2. The maximum atomic E-state index is 12.6. The monoisotopic (exact) mass is 792 g/mol. The lowest BCUT2D eigenvalue weighted by Crippen LogP contribution is -2.29. The number of carbonyl (C=O) groups is 2. The third-order valence-electron chi connectivity index (χ3n) is 8.58. The van der Waals surface area contributed by atoms with E-state index in [4.69, 9.17) is 24.3 Å². The van der Waals surface area contributed by atoms with Gasteiger partial charge in [-0.3, -0.25) is 18.6 Å². The number of hydrogen-bond acceptors (Lipinski definition) is 8. The van der Waals surface area contributed by atoms with Gasteiger partial charge in [-0.1, -0.05) is 145 Å². The predicted octanol–water partition coefficient (Wildman–Crippen LogP) is 12.3. The molecule has 0 aliphatic heterocycles. The maximum Gasteiger partial charge on any atom is 0.472 e. The van der Waals surface area contributed by atoms with Crippen LogP contribution in [0.2, 0.25) is 0 Å². The van der Waals surface area contributed by atoms with Crippen LogP contribution in [0.25, 0.3) is 0 Å². The molecule has 0 fully saturated rings. The van der Waals surface area contributed by atoms with Crippen LogP contribution in [0, 0.1) is 0 Å². The second-order valence-electron chi connectivity index (χ2n) is 13.8. The van der Waals surface area contributed by atoms with Gasteiger partial charge >= 0.3 is 19.8 Å². The first-order valence-electron chi connectivity index (χ1n) is 21.4. The van der Waals surface area contributed by atoms with Gasteiger partial charge < -0.3 is 20.1 Å². The lowest BCUT2D eigenvalue weighted by atomic mass is 10.1. The summed E-state index contributed by atoms with van der Waals surface area (Å²) < 4.78 is 32.7. The molecule has 0 aromatic rings. The zero-order valence-corrected chi connectivity index (χ0v) is 35.5. The highest BCUT2D eigenvalue weighted by Crippen LogP contribution is 2.43. The van der Waals surface area contributed by atoms with E-state index in [9.17, 15) is 19.0 Å². The summed E-state index contributed by atoms with van der Waals surface area (Å²) >= 11 is 0. The van der Waals surface area contributed by atoms with Gasteiger partial charge in [0.1, 0.15) is 6.61 Å². The van der Waals surface area contributed by atoms with E-state index in [1.165, 1.54) is 25.7 Å². The zero-order valence-electron chi connectivity index (χ0n) is 34.6. The van der Waals surface area contributed by atoms with E-state index in [0.717, 1.165) is 103 Å². The van der Waals surface area contributed by atoms with E-state index in [0.29, 0.717) is 12.8 Å². The molecule has 0 amide bonds. The van der Waals surface area contributed by atoms with Crippen LogP contribution in [-0.4, -0.2) is 49.3 Å². The minimum atomic E-state index is -4.39. The van der Waals surface area contributed by atoms with Crippen LogP contribution in [0.5, 0.6) is 0 Å². The molecule has 0 aliphatic rings. The molecular weight excluding hydrogens is 713 g/mol. The molecule has 0 saturated heterocycles. The van der Waals surface area contributed by atoms with Crippen LogP contribution in [-0.2, 0) is 32.7 Å². The van der Waals surface area contributed by atoms with Gasteiger partial charge in [-0.25, -0.2) is 4.57 Å². The van der Waals surface area contributed by atoms with Crippen LogP contribution in [0.4, 0.5) is 0 Å². The number of esters is 2. The van der Waals surface area contributed by atoms with Crippen molar-refractivity contribution >= 4 is 19.8 Å². The summed E-state index contributed by atoms with van der Waals surface area (Å²) in [6, 6.07) is 0.